The second-order valence-electron chi connectivity index (χ2n) is 13.0. The summed E-state index contributed by atoms with van der Waals surface area (Å²) in [7, 11) is 1.83. The molecule has 0 heterocycles. The molecular weight excluding hydrogens is 368 g/mol. The van der Waals surface area contributed by atoms with Crippen molar-refractivity contribution in [1.82, 2.24) is 0 Å². The summed E-state index contributed by atoms with van der Waals surface area (Å²) in [6.45, 7) is 12.4. The summed E-state index contributed by atoms with van der Waals surface area (Å²) in [5.74, 6) is 5.12. The normalized spacial score (nSPS) is 49.4. The van der Waals surface area contributed by atoms with Gasteiger partial charge in [0.1, 0.15) is 0 Å². The highest BCUT2D eigenvalue weighted by molar-refractivity contribution is 5.14. The molecule has 0 aliphatic heterocycles. The first kappa shape index (κ1) is 23.1. The minimum Gasteiger partial charge on any atom is -0.389 e. The van der Waals surface area contributed by atoms with Gasteiger partial charge in [-0.25, -0.2) is 0 Å². The monoisotopic (exact) mass is 418 g/mol. The molecule has 4 rings (SSSR count). The third-order valence-corrected chi connectivity index (χ3v) is 11.3. The molecule has 30 heavy (non-hydrogen) atoms. The van der Waals surface area contributed by atoms with Gasteiger partial charge in [-0.1, -0.05) is 53.9 Å². The van der Waals surface area contributed by atoms with E-state index in [-0.39, 0.29) is 11.5 Å². The molecule has 4 fully saturated rings. The van der Waals surface area contributed by atoms with Crippen molar-refractivity contribution in [2.24, 2.45) is 46.3 Å². The summed E-state index contributed by atoms with van der Waals surface area (Å²) in [4.78, 5) is 0. The molecule has 4 aliphatic carbocycles. The quantitative estimate of drug-likeness (QED) is 0.492. The molecule has 174 valence electrons. The van der Waals surface area contributed by atoms with Crippen molar-refractivity contribution in [2.75, 3.05) is 7.11 Å². The Morgan fingerprint density at radius 1 is 0.900 bits per heavy atom. The molecule has 1 N–H and O–H groups in total. The smallest absolute Gasteiger partial charge is 0.0728 e. The summed E-state index contributed by atoms with van der Waals surface area (Å²) in [5, 5.41) is 11.8. The topological polar surface area (TPSA) is 29.5 Å². The highest BCUT2D eigenvalue weighted by Crippen LogP contribution is 2.69. The van der Waals surface area contributed by atoms with Crippen molar-refractivity contribution in [3.05, 3.63) is 0 Å². The zero-order valence-corrected chi connectivity index (χ0v) is 20.9. The Morgan fingerprint density at radius 3 is 2.37 bits per heavy atom. The van der Waals surface area contributed by atoms with Crippen LogP contribution < -0.4 is 0 Å². The first-order chi connectivity index (χ1) is 14.1. The number of rotatable bonds is 6. The molecule has 0 bridgehead atoms. The Labute approximate surface area is 186 Å². The zero-order valence-electron chi connectivity index (χ0n) is 20.9. The van der Waals surface area contributed by atoms with Crippen LogP contribution >= 0.6 is 0 Å². The molecule has 0 aromatic carbocycles. The molecule has 0 spiro atoms. The summed E-state index contributed by atoms with van der Waals surface area (Å²) in [6, 6.07) is 0. The number of hydrogen-bond acceptors (Lipinski definition) is 2. The minimum atomic E-state index is -0.497. The van der Waals surface area contributed by atoms with E-state index in [9.17, 15) is 5.11 Å². The first-order valence-corrected chi connectivity index (χ1v) is 13.4. The van der Waals surface area contributed by atoms with Crippen LogP contribution in [-0.4, -0.2) is 23.9 Å². The Kier molecular flexibility index (Phi) is 6.44. The first-order valence-electron chi connectivity index (χ1n) is 13.4. The lowest BCUT2D eigenvalue weighted by atomic mass is 9.43. The van der Waals surface area contributed by atoms with E-state index in [1.165, 1.54) is 51.4 Å². The average molecular weight is 419 g/mol. The van der Waals surface area contributed by atoms with Crippen molar-refractivity contribution in [3.8, 4) is 0 Å². The van der Waals surface area contributed by atoms with Crippen molar-refractivity contribution >= 4 is 0 Å². The van der Waals surface area contributed by atoms with Crippen LogP contribution in [0, 0.1) is 46.3 Å². The van der Waals surface area contributed by atoms with E-state index in [4.69, 9.17) is 4.74 Å². The second kappa shape index (κ2) is 8.36. The van der Waals surface area contributed by atoms with Gasteiger partial charge in [0, 0.05) is 13.5 Å². The highest BCUT2D eigenvalue weighted by atomic mass is 16.5. The molecule has 2 heteroatoms. The van der Waals surface area contributed by atoms with E-state index in [2.05, 4.69) is 34.6 Å². The van der Waals surface area contributed by atoms with Crippen molar-refractivity contribution in [2.45, 2.75) is 123 Å². The molecule has 0 radical (unpaired) electrons. The van der Waals surface area contributed by atoms with E-state index in [0.29, 0.717) is 5.41 Å². The van der Waals surface area contributed by atoms with E-state index in [0.717, 1.165) is 61.2 Å². The summed E-state index contributed by atoms with van der Waals surface area (Å²) >= 11 is 0. The third kappa shape index (κ3) is 3.60. The maximum absolute atomic E-state index is 11.8. The molecule has 0 aromatic rings. The van der Waals surface area contributed by atoms with Crippen LogP contribution in [0.2, 0.25) is 0 Å². The number of ether oxygens (including phenoxy) is 1. The third-order valence-electron chi connectivity index (χ3n) is 11.3. The van der Waals surface area contributed by atoms with Crippen molar-refractivity contribution < 1.29 is 9.84 Å². The highest BCUT2D eigenvalue weighted by Gasteiger charge is 2.64. The van der Waals surface area contributed by atoms with Gasteiger partial charge in [-0.3, -0.25) is 0 Å². The molecule has 0 aromatic heterocycles. The van der Waals surface area contributed by atoms with Crippen LogP contribution in [0.5, 0.6) is 0 Å². The van der Waals surface area contributed by atoms with Crippen LogP contribution in [-0.2, 0) is 4.74 Å². The van der Waals surface area contributed by atoms with Gasteiger partial charge in [0.25, 0.3) is 0 Å². The van der Waals surface area contributed by atoms with Gasteiger partial charge in [-0.15, -0.1) is 0 Å². The van der Waals surface area contributed by atoms with Gasteiger partial charge >= 0.3 is 0 Å². The maximum Gasteiger partial charge on any atom is 0.0728 e. The molecule has 2 nitrogen and oxygen atoms in total. The van der Waals surface area contributed by atoms with Gasteiger partial charge < -0.3 is 9.84 Å². The van der Waals surface area contributed by atoms with E-state index < -0.39 is 5.60 Å². The predicted molar refractivity (Wildman–Crippen MR) is 125 cm³/mol. The SMILES string of the molecule is CO[C@@H]1CC[C@]2(C)[C@@H]3CC[C@]4(C)[C@H](CC[C@H]4[C@H](C)CCCC(C)C)[C@@H]3CC[C@@]2(O)C1. The molecular formula is C28H50O2. The maximum atomic E-state index is 11.8. The fourth-order valence-electron chi connectivity index (χ4n) is 9.44. The molecule has 4 saturated carbocycles. The van der Waals surface area contributed by atoms with Crippen molar-refractivity contribution in [1.29, 1.82) is 0 Å². The largest absolute Gasteiger partial charge is 0.389 e. The Morgan fingerprint density at radius 2 is 1.67 bits per heavy atom. The number of aliphatic hydroxyl groups is 1. The number of fused-ring (bicyclic) bond motifs is 5. The molecule has 0 unspecified atom stereocenters. The Balaban J connectivity index is 1.48. The van der Waals surface area contributed by atoms with Gasteiger partial charge in [-0.05, 0) is 97.7 Å². The number of methoxy groups -OCH3 is 1. The van der Waals surface area contributed by atoms with Crippen LogP contribution in [0.15, 0.2) is 0 Å². The lowest BCUT2D eigenvalue weighted by molar-refractivity contribution is -0.222. The number of hydrogen-bond donors (Lipinski definition) is 1. The van der Waals surface area contributed by atoms with Gasteiger partial charge in [0.05, 0.1) is 11.7 Å². The van der Waals surface area contributed by atoms with Crippen LogP contribution in [0.4, 0.5) is 0 Å². The van der Waals surface area contributed by atoms with Crippen LogP contribution in [0.25, 0.3) is 0 Å². The molecule has 0 saturated heterocycles. The molecule has 9 atom stereocenters. The average Bonchev–Trinajstić information content (AvgIpc) is 3.05. The lowest BCUT2D eigenvalue weighted by Crippen LogP contribution is -2.63. The van der Waals surface area contributed by atoms with E-state index in [1.807, 2.05) is 7.11 Å². The summed E-state index contributed by atoms with van der Waals surface area (Å²) in [5.41, 5.74) is 0.157. The predicted octanol–water partition coefficient (Wildman–Crippen LogP) is 7.24. The zero-order chi connectivity index (χ0) is 21.7. The standard InChI is InChI=1S/C28H50O2/c1-19(2)8-7-9-20(3)23-10-11-24-22-13-17-28(29)18-21(30-6)12-16-27(28,5)25(22)14-15-26(23,24)4/h19-25,29H,7-18H2,1-6H3/t20-,21-,22+,23+,24-,25-,26+,27-,28-/m1/s1. The van der Waals surface area contributed by atoms with Crippen LogP contribution in [0.1, 0.15) is 112 Å². The van der Waals surface area contributed by atoms with Gasteiger partial charge in [-0.2, -0.15) is 0 Å². The Bertz CT molecular complexity index is 601. The summed E-state index contributed by atoms with van der Waals surface area (Å²) in [6.07, 6.45) is 15.6. The fraction of sp³-hybridized carbons (Fsp3) is 1.00. The van der Waals surface area contributed by atoms with Crippen LogP contribution in [0.3, 0.4) is 0 Å². The fourth-order valence-corrected chi connectivity index (χ4v) is 9.44. The Hall–Kier alpha value is -0.0800. The lowest BCUT2D eigenvalue weighted by Gasteiger charge is -2.64. The van der Waals surface area contributed by atoms with Gasteiger partial charge in [0.2, 0.25) is 0 Å². The van der Waals surface area contributed by atoms with E-state index in [1.54, 1.807) is 0 Å². The van der Waals surface area contributed by atoms with Crippen molar-refractivity contribution in [3.63, 3.8) is 0 Å². The molecule has 0 amide bonds. The second-order valence-corrected chi connectivity index (χ2v) is 13.0. The minimum absolute atomic E-state index is 0.104. The van der Waals surface area contributed by atoms with E-state index >= 15 is 0 Å². The molecule has 4 aliphatic rings. The van der Waals surface area contributed by atoms with Gasteiger partial charge in [0.15, 0.2) is 0 Å². The summed E-state index contributed by atoms with van der Waals surface area (Å²) < 4.78 is 5.70.